The number of nitrogens with one attached hydrogen (secondary N) is 1. The minimum Gasteiger partial charge on any atom is -0.477 e. The number of alkyl halides is 3. The molecule has 1 aromatic heterocycles. The molecule has 0 radical (unpaired) electrons. The standard InChI is InChI=1S/C18H16F3N3O4/c19-18(20,21)13-4-2-1-3-11(13)16(26)24-9-7-23(8-10-24)14-6-5-12(17(27)28)15(25)22-14/h1-6H,7-10H2,(H,22,25)(H,27,28). The number of carbonyl (C=O) groups is 2. The number of carboxylic acids is 1. The maximum atomic E-state index is 13.1. The Hall–Kier alpha value is -3.30. The molecule has 1 aliphatic rings. The van der Waals surface area contributed by atoms with Gasteiger partial charge in [-0.1, -0.05) is 12.1 Å². The van der Waals surface area contributed by atoms with E-state index >= 15 is 0 Å². The second-order valence-corrected chi connectivity index (χ2v) is 6.21. The van der Waals surface area contributed by atoms with Gasteiger partial charge in [0.2, 0.25) is 0 Å². The highest BCUT2D eigenvalue weighted by Crippen LogP contribution is 2.32. The van der Waals surface area contributed by atoms with Gasteiger partial charge in [0.15, 0.2) is 0 Å². The molecule has 1 aromatic carbocycles. The fourth-order valence-corrected chi connectivity index (χ4v) is 3.05. The summed E-state index contributed by atoms with van der Waals surface area (Å²) in [6.45, 7) is 0.881. The summed E-state index contributed by atoms with van der Waals surface area (Å²) in [6.07, 6.45) is -4.63. The highest BCUT2D eigenvalue weighted by atomic mass is 19.4. The molecular weight excluding hydrogens is 379 g/mol. The van der Waals surface area contributed by atoms with Gasteiger partial charge in [0.05, 0.1) is 11.1 Å². The van der Waals surface area contributed by atoms with Gasteiger partial charge in [0.1, 0.15) is 11.4 Å². The third-order valence-corrected chi connectivity index (χ3v) is 4.49. The molecule has 1 amide bonds. The quantitative estimate of drug-likeness (QED) is 0.830. The van der Waals surface area contributed by atoms with Gasteiger partial charge in [-0.05, 0) is 24.3 Å². The lowest BCUT2D eigenvalue weighted by atomic mass is 10.1. The number of pyridine rings is 1. The number of hydrogen-bond donors (Lipinski definition) is 2. The Kier molecular flexibility index (Phi) is 5.12. The molecule has 0 aliphatic carbocycles. The molecule has 10 heteroatoms. The van der Waals surface area contributed by atoms with Crippen LogP contribution in [0.5, 0.6) is 0 Å². The van der Waals surface area contributed by atoms with E-state index in [1.165, 1.54) is 29.2 Å². The maximum Gasteiger partial charge on any atom is 0.417 e. The smallest absolute Gasteiger partial charge is 0.417 e. The lowest BCUT2D eigenvalue weighted by molar-refractivity contribution is -0.138. The summed E-state index contributed by atoms with van der Waals surface area (Å²) < 4.78 is 39.4. The van der Waals surface area contributed by atoms with Crippen molar-refractivity contribution in [3.63, 3.8) is 0 Å². The zero-order chi connectivity index (χ0) is 20.5. The number of carbonyl (C=O) groups excluding carboxylic acids is 1. The van der Waals surface area contributed by atoms with Crippen LogP contribution in [-0.4, -0.2) is 53.0 Å². The van der Waals surface area contributed by atoms with Gasteiger partial charge in [0.25, 0.3) is 11.5 Å². The molecule has 7 nitrogen and oxygen atoms in total. The zero-order valence-corrected chi connectivity index (χ0v) is 14.5. The summed E-state index contributed by atoms with van der Waals surface area (Å²) in [6, 6.07) is 7.27. The van der Waals surface area contributed by atoms with Crippen LogP contribution in [0, 0.1) is 0 Å². The lowest BCUT2D eigenvalue weighted by Crippen LogP contribution is -2.49. The van der Waals surface area contributed by atoms with Crippen LogP contribution in [-0.2, 0) is 6.18 Å². The molecule has 1 aliphatic heterocycles. The second kappa shape index (κ2) is 7.37. The normalized spacial score (nSPS) is 14.8. The first-order valence-electron chi connectivity index (χ1n) is 8.35. The molecule has 0 saturated carbocycles. The van der Waals surface area contributed by atoms with Crippen LogP contribution in [0.25, 0.3) is 0 Å². The number of amides is 1. The molecule has 0 unspecified atom stereocenters. The van der Waals surface area contributed by atoms with Crippen LogP contribution in [0.1, 0.15) is 26.3 Å². The number of rotatable bonds is 3. The number of aromatic amines is 1. The van der Waals surface area contributed by atoms with E-state index in [0.29, 0.717) is 5.82 Å². The van der Waals surface area contributed by atoms with E-state index in [4.69, 9.17) is 5.11 Å². The summed E-state index contributed by atoms with van der Waals surface area (Å²) in [7, 11) is 0. The monoisotopic (exact) mass is 395 g/mol. The van der Waals surface area contributed by atoms with E-state index in [1.807, 2.05) is 0 Å². The number of piperazine rings is 1. The molecule has 0 spiro atoms. The number of benzene rings is 1. The van der Waals surface area contributed by atoms with Crippen LogP contribution >= 0.6 is 0 Å². The fourth-order valence-electron chi connectivity index (χ4n) is 3.05. The van der Waals surface area contributed by atoms with Gasteiger partial charge < -0.3 is 19.9 Å². The van der Waals surface area contributed by atoms with E-state index in [2.05, 4.69) is 4.98 Å². The Balaban J connectivity index is 1.73. The molecule has 2 N–H and O–H groups in total. The van der Waals surface area contributed by atoms with Crippen LogP contribution in [0.2, 0.25) is 0 Å². The first-order valence-corrected chi connectivity index (χ1v) is 8.35. The summed E-state index contributed by atoms with van der Waals surface area (Å²) in [5, 5.41) is 8.89. The zero-order valence-electron chi connectivity index (χ0n) is 14.5. The molecule has 1 fully saturated rings. The minimum atomic E-state index is -4.63. The first kappa shape index (κ1) is 19.5. The molecular formula is C18H16F3N3O4. The SMILES string of the molecule is O=C(O)c1ccc(N2CCN(C(=O)c3ccccc3C(F)(F)F)CC2)[nH]c1=O. The van der Waals surface area contributed by atoms with E-state index < -0.39 is 34.7 Å². The number of aromatic carboxylic acids is 1. The van der Waals surface area contributed by atoms with Crippen molar-refractivity contribution in [1.29, 1.82) is 0 Å². The van der Waals surface area contributed by atoms with Crippen molar-refractivity contribution in [1.82, 2.24) is 9.88 Å². The van der Waals surface area contributed by atoms with Crippen molar-refractivity contribution >= 4 is 17.7 Å². The molecule has 1 saturated heterocycles. The number of aromatic nitrogens is 1. The Morgan fingerprint density at radius 1 is 0.964 bits per heavy atom. The molecule has 2 heterocycles. The molecule has 2 aromatic rings. The van der Waals surface area contributed by atoms with Crippen molar-refractivity contribution < 1.29 is 27.9 Å². The Bertz CT molecular complexity index is 963. The van der Waals surface area contributed by atoms with Gasteiger partial charge in [-0.25, -0.2) is 4.79 Å². The Morgan fingerprint density at radius 2 is 1.61 bits per heavy atom. The van der Waals surface area contributed by atoms with Crippen LogP contribution in [0.4, 0.5) is 19.0 Å². The molecule has 0 atom stereocenters. The lowest BCUT2D eigenvalue weighted by Gasteiger charge is -2.36. The van der Waals surface area contributed by atoms with Crippen molar-refractivity contribution in [3.8, 4) is 0 Å². The summed E-state index contributed by atoms with van der Waals surface area (Å²) in [4.78, 5) is 40.8. The minimum absolute atomic E-state index is 0.160. The van der Waals surface area contributed by atoms with Crippen molar-refractivity contribution in [2.45, 2.75) is 6.18 Å². The van der Waals surface area contributed by atoms with Crippen molar-refractivity contribution in [2.75, 3.05) is 31.1 Å². The van der Waals surface area contributed by atoms with Gasteiger partial charge in [-0.15, -0.1) is 0 Å². The van der Waals surface area contributed by atoms with E-state index in [9.17, 15) is 27.6 Å². The van der Waals surface area contributed by atoms with Gasteiger partial charge in [-0.3, -0.25) is 9.59 Å². The van der Waals surface area contributed by atoms with Crippen LogP contribution < -0.4 is 10.5 Å². The van der Waals surface area contributed by atoms with Crippen LogP contribution in [0.3, 0.4) is 0 Å². The van der Waals surface area contributed by atoms with Crippen molar-refractivity contribution in [3.05, 3.63) is 63.4 Å². The number of nitrogens with zero attached hydrogens (tertiary/aromatic N) is 2. The van der Waals surface area contributed by atoms with Crippen LogP contribution in [0.15, 0.2) is 41.2 Å². The largest absolute Gasteiger partial charge is 0.477 e. The number of halogens is 3. The Morgan fingerprint density at radius 3 is 2.18 bits per heavy atom. The fraction of sp³-hybridized carbons (Fsp3) is 0.278. The average molecular weight is 395 g/mol. The predicted octanol–water partition coefficient (Wildman–Crippen LogP) is 2.05. The molecule has 3 rings (SSSR count). The van der Waals surface area contributed by atoms with E-state index in [-0.39, 0.29) is 31.7 Å². The van der Waals surface area contributed by atoms with Gasteiger partial charge in [0, 0.05) is 26.2 Å². The first-order chi connectivity index (χ1) is 13.2. The maximum absolute atomic E-state index is 13.1. The summed E-state index contributed by atoms with van der Waals surface area (Å²) >= 11 is 0. The molecule has 148 valence electrons. The van der Waals surface area contributed by atoms with Crippen molar-refractivity contribution in [2.24, 2.45) is 0 Å². The molecule has 28 heavy (non-hydrogen) atoms. The average Bonchev–Trinajstić information content (AvgIpc) is 2.66. The number of anilines is 1. The van der Waals surface area contributed by atoms with Gasteiger partial charge >= 0.3 is 12.1 Å². The second-order valence-electron chi connectivity index (χ2n) is 6.21. The highest BCUT2D eigenvalue weighted by molar-refractivity contribution is 5.96. The van der Waals surface area contributed by atoms with Gasteiger partial charge in [-0.2, -0.15) is 13.2 Å². The highest BCUT2D eigenvalue weighted by Gasteiger charge is 2.36. The number of H-pyrrole nitrogens is 1. The number of hydrogen-bond acceptors (Lipinski definition) is 4. The number of carboxylic acid groups (broad SMARTS) is 1. The van der Waals surface area contributed by atoms with E-state index in [1.54, 1.807) is 4.90 Å². The summed E-state index contributed by atoms with van der Waals surface area (Å²) in [5.41, 5.74) is -2.51. The summed E-state index contributed by atoms with van der Waals surface area (Å²) in [5.74, 6) is -1.66. The third kappa shape index (κ3) is 3.85. The Labute approximate surface area is 157 Å². The topological polar surface area (TPSA) is 93.7 Å². The van der Waals surface area contributed by atoms with E-state index in [0.717, 1.165) is 12.1 Å². The predicted molar refractivity (Wildman–Crippen MR) is 93.6 cm³/mol. The molecule has 0 bridgehead atoms. The third-order valence-electron chi connectivity index (χ3n) is 4.49.